The molecule has 4 saturated carbocycles. The van der Waals surface area contributed by atoms with Gasteiger partial charge in [0.25, 0.3) is 0 Å². The summed E-state index contributed by atoms with van der Waals surface area (Å²) in [5, 5.41) is 5.53. The van der Waals surface area contributed by atoms with E-state index < -0.39 is 6.61 Å². The Morgan fingerprint density at radius 3 is 2.29 bits per heavy atom. The van der Waals surface area contributed by atoms with Gasteiger partial charge in [-0.15, -0.1) is 0 Å². The van der Waals surface area contributed by atoms with Crippen LogP contribution in [0.2, 0.25) is 0 Å². The quantitative estimate of drug-likeness (QED) is 0.738. The molecule has 0 radical (unpaired) electrons. The van der Waals surface area contributed by atoms with Crippen LogP contribution < -0.4 is 15.4 Å². The minimum atomic E-state index is -2.96. The van der Waals surface area contributed by atoms with Crippen molar-refractivity contribution in [2.45, 2.75) is 51.6 Å². The minimum absolute atomic E-state index is 0.0801. The highest BCUT2D eigenvalue weighted by Crippen LogP contribution is 2.60. The van der Waals surface area contributed by atoms with Crippen molar-refractivity contribution in [3.8, 4) is 5.75 Å². The number of carbonyl (C=O) groups excluding carboxylic acids is 2. The number of anilines is 1. The third-order valence-corrected chi connectivity index (χ3v) is 6.53. The number of rotatable bonds is 7. The van der Waals surface area contributed by atoms with Crippen LogP contribution in [0.4, 0.5) is 14.5 Å². The second-order valence-electron chi connectivity index (χ2n) is 8.63. The van der Waals surface area contributed by atoms with Crippen molar-refractivity contribution < 1.29 is 23.1 Å². The Hall–Kier alpha value is -2.18. The Labute approximate surface area is 163 Å². The zero-order valence-electron chi connectivity index (χ0n) is 15.8. The van der Waals surface area contributed by atoms with Crippen LogP contribution in [0.5, 0.6) is 5.75 Å². The van der Waals surface area contributed by atoms with Crippen molar-refractivity contribution >= 4 is 17.5 Å². The number of alkyl halides is 2. The molecule has 0 aromatic heterocycles. The Morgan fingerprint density at radius 1 is 1.07 bits per heavy atom. The van der Waals surface area contributed by atoms with Crippen LogP contribution in [0.1, 0.15) is 44.9 Å². The van der Waals surface area contributed by atoms with E-state index in [0.29, 0.717) is 17.8 Å². The third kappa shape index (κ3) is 3.98. The van der Waals surface area contributed by atoms with Crippen molar-refractivity contribution in [2.24, 2.45) is 23.2 Å². The van der Waals surface area contributed by atoms with Crippen molar-refractivity contribution in [2.75, 3.05) is 11.9 Å². The summed E-state index contributed by atoms with van der Waals surface area (Å²) < 4.78 is 29.3. The second-order valence-corrected chi connectivity index (χ2v) is 8.63. The Kier molecular flexibility index (Phi) is 5.25. The molecular weight excluding hydrogens is 366 g/mol. The molecule has 2 amide bonds. The van der Waals surface area contributed by atoms with E-state index in [4.69, 9.17) is 0 Å². The molecule has 4 aliphatic carbocycles. The number of hydrogen-bond acceptors (Lipinski definition) is 3. The third-order valence-electron chi connectivity index (χ3n) is 6.53. The lowest BCUT2D eigenvalue weighted by Crippen LogP contribution is -2.53. The largest absolute Gasteiger partial charge is 0.433 e. The summed E-state index contributed by atoms with van der Waals surface area (Å²) in [6.07, 6.45) is 6.85. The molecule has 0 atom stereocenters. The zero-order valence-corrected chi connectivity index (χ0v) is 15.8. The first kappa shape index (κ1) is 19.2. The van der Waals surface area contributed by atoms with Gasteiger partial charge in [0.2, 0.25) is 11.8 Å². The van der Waals surface area contributed by atoms with Gasteiger partial charge in [-0.05, 0) is 68.4 Å². The van der Waals surface area contributed by atoms with Gasteiger partial charge in [0, 0.05) is 18.4 Å². The average Bonchev–Trinajstić information content (AvgIpc) is 2.61. The summed E-state index contributed by atoms with van der Waals surface area (Å²) in [4.78, 5) is 25.0. The first-order chi connectivity index (χ1) is 13.4. The molecule has 0 heterocycles. The standard InChI is InChI=1S/C21H26F2N2O3/c22-20(23)28-17-4-2-1-3-16(17)25-18(26)5-6-24-19(27)21-10-13-7-14(11-21)9-15(8-13)12-21/h1-4,13-15,20H,5-12H2,(H,24,27)(H,25,26). The predicted octanol–water partition coefficient (Wildman–Crippen LogP) is 3.95. The fourth-order valence-electron chi connectivity index (χ4n) is 5.85. The summed E-state index contributed by atoms with van der Waals surface area (Å²) >= 11 is 0. The molecule has 0 unspecified atom stereocenters. The van der Waals surface area contributed by atoms with Crippen molar-refractivity contribution in [3.63, 3.8) is 0 Å². The van der Waals surface area contributed by atoms with Crippen LogP contribution in [0.3, 0.4) is 0 Å². The lowest BCUT2D eigenvalue weighted by atomic mass is 9.49. The highest BCUT2D eigenvalue weighted by molar-refractivity contribution is 5.92. The lowest BCUT2D eigenvalue weighted by Gasteiger charge is -2.55. The molecule has 5 rings (SSSR count). The number of amides is 2. The van der Waals surface area contributed by atoms with E-state index in [1.165, 1.54) is 31.4 Å². The number of benzene rings is 1. The summed E-state index contributed by atoms with van der Waals surface area (Å²) in [6.45, 7) is -2.72. The maximum atomic E-state index is 12.9. The van der Waals surface area contributed by atoms with E-state index in [9.17, 15) is 18.4 Å². The van der Waals surface area contributed by atoms with E-state index in [1.54, 1.807) is 12.1 Å². The van der Waals surface area contributed by atoms with Crippen LogP contribution in [0.15, 0.2) is 24.3 Å². The van der Waals surface area contributed by atoms with Gasteiger partial charge in [0.15, 0.2) is 0 Å². The predicted molar refractivity (Wildman–Crippen MR) is 99.9 cm³/mol. The summed E-state index contributed by atoms with van der Waals surface area (Å²) in [7, 11) is 0. The topological polar surface area (TPSA) is 67.4 Å². The zero-order chi connectivity index (χ0) is 19.7. The minimum Gasteiger partial charge on any atom is -0.433 e. The van der Waals surface area contributed by atoms with E-state index in [-0.39, 0.29) is 41.6 Å². The summed E-state index contributed by atoms with van der Waals surface area (Å²) in [5.74, 6) is 1.71. The van der Waals surface area contributed by atoms with E-state index in [0.717, 1.165) is 19.3 Å². The molecule has 4 aliphatic rings. The van der Waals surface area contributed by atoms with Gasteiger partial charge in [-0.25, -0.2) is 0 Å². The number of carbonyl (C=O) groups is 2. The SMILES string of the molecule is O=C(CCNC(=O)C12CC3CC(CC(C3)C1)C2)Nc1ccccc1OC(F)F. The van der Waals surface area contributed by atoms with Crippen molar-refractivity contribution in [3.05, 3.63) is 24.3 Å². The normalized spacial score (nSPS) is 30.3. The van der Waals surface area contributed by atoms with E-state index >= 15 is 0 Å². The van der Waals surface area contributed by atoms with Gasteiger partial charge in [-0.2, -0.15) is 8.78 Å². The maximum absolute atomic E-state index is 12.9. The van der Waals surface area contributed by atoms with Crippen LogP contribution in [-0.2, 0) is 9.59 Å². The van der Waals surface area contributed by atoms with Crippen LogP contribution in [0.25, 0.3) is 0 Å². The number of ether oxygens (including phenoxy) is 1. The van der Waals surface area contributed by atoms with Gasteiger partial charge in [-0.3, -0.25) is 9.59 Å². The van der Waals surface area contributed by atoms with Gasteiger partial charge in [-0.1, -0.05) is 12.1 Å². The second kappa shape index (κ2) is 7.68. The summed E-state index contributed by atoms with van der Waals surface area (Å²) in [6, 6.07) is 6.06. The van der Waals surface area contributed by atoms with Crippen molar-refractivity contribution in [1.82, 2.24) is 5.32 Å². The molecular formula is C21H26F2N2O3. The molecule has 5 nitrogen and oxygen atoms in total. The smallest absolute Gasteiger partial charge is 0.387 e. The Bertz CT molecular complexity index is 718. The molecule has 0 aliphatic heterocycles. The highest BCUT2D eigenvalue weighted by atomic mass is 19.3. The van der Waals surface area contributed by atoms with Crippen molar-refractivity contribution in [1.29, 1.82) is 0 Å². The highest BCUT2D eigenvalue weighted by Gasteiger charge is 2.54. The maximum Gasteiger partial charge on any atom is 0.387 e. The van der Waals surface area contributed by atoms with Gasteiger partial charge < -0.3 is 15.4 Å². The number of hydrogen-bond donors (Lipinski definition) is 2. The molecule has 7 heteroatoms. The number of nitrogens with one attached hydrogen (secondary N) is 2. The number of halogens is 2. The first-order valence-corrected chi connectivity index (χ1v) is 10.1. The Morgan fingerprint density at radius 2 is 1.68 bits per heavy atom. The molecule has 152 valence electrons. The van der Waals surface area contributed by atoms with E-state index in [1.807, 2.05) is 0 Å². The first-order valence-electron chi connectivity index (χ1n) is 10.1. The molecule has 0 spiro atoms. The average molecular weight is 392 g/mol. The Balaban J connectivity index is 1.28. The fourth-order valence-corrected chi connectivity index (χ4v) is 5.85. The monoisotopic (exact) mass is 392 g/mol. The molecule has 4 fully saturated rings. The molecule has 2 N–H and O–H groups in total. The molecule has 0 saturated heterocycles. The van der Waals surface area contributed by atoms with Crippen LogP contribution in [0, 0.1) is 23.2 Å². The van der Waals surface area contributed by atoms with Gasteiger partial charge in [0.1, 0.15) is 5.75 Å². The molecule has 1 aromatic rings. The lowest BCUT2D eigenvalue weighted by molar-refractivity contribution is -0.146. The number of para-hydroxylation sites is 2. The van der Waals surface area contributed by atoms with Gasteiger partial charge >= 0.3 is 6.61 Å². The fraction of sp³-hybridized carbons (Fsp3) is 0.619. The van der Waals surface area contributed by atoms with Crippen LogP contribution in [-0.4, -0.2) is 25.0 Å². The van der Waals surface area contributed by atoms with E-state index in [2.05, 4.69) is 15.4 Å². The molecule has 28 heavy (non-hydrogen) atoms. The molecule has 1 aromatic carbocycles. The summed E-state index contributed by atoms with van der Waals surface area (Å²) in [5.41, 5.74) is -0.0386. The van der Waals surface area contributed by atoms with Crippen LogP contribution >= 0.6 is 0 Å². The molecule has 4 bridgehead atoms. The van der Waals surface area contributed by atoms with Gasteiger partial charge in [0.05, 0.1) is 5.69 Å².